The normalized spacial score (nSPS) is 15.0. The van der Waals surface area contributed by atoms with Crippen LogP contribution < -0.4 is 9.64 Å². The second-order valence-electron chi connectivity index (χ2n) is 5.85. The van der Waals surface area contributed by atoms with Crippen molar-refractivity contribution in [1.29, 1.82) is 0 Å². The van der Waals surface area contributed by atoms with Crippen molar-refractivity contribution in [3.63, 3.8) is 0 Å². The molecule has 0 aliphatic carbocycles. The summed E-state index contributed by atoms with van der Waals surface area (Å²) in [6, 6.07) is 5.97. The van der Waals surface area contributed by atoms with Crippen LogP contribution in [0, 0.1) is 10.1 Å². The van der Waals surface area contributed by atoms with Gasteiger partial charge in [0.15, 0.2) is 0 Å². The molecule has 0 unspecified atom stereocenters. The minimum atomic E-state index is -0.694. The van der Waals surface area contributed by atoms with E-state index in [1.165, 1.54) is 22.6 Å². The van der Waals surface area contributed by atoms with E-state index in [0.717, 1.165) is 30.8 Å². The maximum Gasteiger partial charge on any atom is 0.306 e. The summed E-state index contributed by atoms with van der Waals surface area (Å²) in [6.45, 7) is 1.46. The Balaban J connectivity index is 1.71. The smallest absolute Gasteiger partial charge is 0.306 e. The van der Waals surface area contributed by atoms with Gasteiger partial charge in [0, 0.05) is 13.1 Å². The first kappa shape index (κ1) is 16.3. The number of nitrogens with zero attached hydrogens (tertiary/aromatic N) is 4. The van der Waals surface area contributed by atoms with Crippen LogP contribution >= 0.6 is 0 Å². The summed E-state index contributed by atoms with van der Waals surface area (Å²) in [7, 11) is 1.64. The van der Waals surface area contributed by atoms with Crippen LogP contribution in [0.2, 0.25) is 0 Å². The Hall–Kier alpha value is -2.61. The number of rotatable bonds is 6. The lowest BCUT2D eigenvalue weighted by Crippen LogP contribution is -2.38. The summed E-state index contributed by atoms with van der Waals surface area (Å²) in [5.41, 5.74) is 2.16. The summed E-state index contributed by atoms with van der Waals surface area (Å²) >= 11 is 0. The summed E-state index contributed by atoms with van der Waals surface area (Å²) in [5, 5.41) is 25.0. The number of methoxy groups -OCH3 is 1. The minimum absolute atomic E-state index is 0.0767. The van der Waals surface area contributed by atoms with Crippen molar-refractivity contribution in [2.45, 2.75) is 25.5 Å². The molecule has 1 N–H and O–H groups in total. The maximum atomic E-state index is 10.7. The van der Waals surface area contributed by atoms with E-state index in [2.05, 4.69) is 16.1 Å². The van der Waals surface area contributed by atoms with Crippen molar-refractivity contribution < 1.29 is 14.8 Å². The van der Waals surface area contributed by atoms with Gasteiger partial charge >= 0.3 is 5.69 Å². The first-order valence-electron chi connectivity index (χ1n) is 7.84. The number of nitro groups is 1. The molecule has 0 saturated heterocycles. The molecule has 2 heterocycles. The Morgan fingerprint density at radius 3 is 3.00 bits per heavy atom. The molecule has 2 aromatic rings. The fraction of sp³-hybridized carbons (Fsp3) is 0.438. The lowest BCUT2D eigenvalue weighted by molar-refractivity contribution is -0.385. The van der Waals surface area contributed by atoms with Crippen LogP contribution in [0.4, 0.5) is 11.4 Å². The molecule has 8 nitrogen and oxygen atoms in total. The number of aromatic nitrogens is 2. The highest BCUT2D eigenvalue weighted by atomic mass is 16.6. The van der Waals surface area contributed by atoms with Crippen molar-refractivity contribution >= 4 is 11.4 Å². The van der Waals surface area contributed by atoms with E-state index in [1.54, 1.807) is 7.11 Å². The molecular weight excluding hydrogens is 312 g/mol. The van der Waals surface area contributed by atoms with Crippen molar-refractivity contribution in [2.24, 2.45) is 0 Å². The molecule has 1 atom stereocenters. The molecule has 0 amide bonds. The lowest BCUT2D eigenvalue weighted by Gasteiger charge is -2.34. The van der Waals surface area contributed by atoms with Crippen LogP contribution in [-0.2, 0) is 13.0 Å². The third kappa shape index (κ3) is 3.33. The molecule has 0 fully saturated rings. The standard InChI is InChI=1S/C16H20N4O4/c1-24-15-6-2-4-12-5-3-7-18(16(12)15)10-14(21)11-19-9-13(8-17-19)20(22)23/h2,4,6,8-9,14,21H,3,5,7,10-11H2,1H3/t14-/m0/s1. The molecule has 24 heavy (non-hydrogen) atoms. The van der Waals surface area contributed by atoms with Gasteiger partial charge in [-0.05, 0) is 24.5 Å². The second-order valence-corrected chi connectivity index (χ2v) is 5.85. The highest BCUT2D eigenvalue weighted by Crippen LogP contribution is 2.36. The van der Waals surface area contributed by atoms with Crippen molar-refractivity contribution in [2.75, 3.05) is 25.1 Å². The fourth-order valence-corrected chi connectivity index (χ4v) is 3.12. The topological polar surface area (TPSA) is 93.7 Å². The Kier molecular flexibility index (Phi) is 4.66. The Labute approximate surface area is 139 Å². The van der Waals surface area contributed by atoms with E-state index in [0.29, 0.717) is 6.54 Å². The molecule has 3 rings (SSSR count). The average Bonchev–Trinajstić information content (AvgIpc) is 3.03. The minimum Gasteiger partial charge on any atom is -0.495 e. The number of hydrogen-bond acceptors (Lipinski definition) is 6. The summed E-state index contributed by atoms with van der Waals surface area (Å²) in [4.78, 5) is 12.3. The molecular formula is C16H20N4O4. The third-order valence-electron chi connectivity index (χ3n) is 4.15. The van der Waals surface area contributed by atoms with E-state index in [4.69, 9.17) is 4.74 Å². The summed E-state index contributed by atoms with van der Waals surface area (Å²) in [5.74, 6) is 0.800. The highest BCUT2D eigenvalue weighted by Gasteiger charge is 2.23. The zero-order valence-corrected chi connectivity index (χ0v) is 13.5. The summed E-state index contributed by atoms with van der Waals surface area (Å²) < 4.78 is 6.86. The molecule has 1 aromatic heterocycles. The van der Waals surface area contributed by atoms with Gasteiger partial charge in [0.1, 0.15) is 18.1 Å². The molecule has 0 bridgehead atoms. The average molecular weight is 332 g/mol. The predicted octanol–water partition coefficient (Wildman–Crippen LogP) is 1.61. The number of fused-ring (bicyclic) bond motifs is 1. The number of benzene rings is 1. The molecule has 1 aliphatic heterocycles. The van der Waals surface area contributed by atoms with Crippen molar-refractivity contribution in [3.05, 3.63) is 46.3 Å². The van der Waals surface area contributed by atoms with Crippen LogP contribution in [-0.4, -0.2) is 46.1 Å². The molecule has 0 radical (unpaired) electrons. The largest absolute Gasteiger partial charge is 0.495 e. The number of β-amino-alcohol motifs (C(OH)–C–C–N with tert-alkyl or cyclic N) is 1. The Bertz CT molecular complexity index is 716. The quantitative estimate of drug-likeness (QED) is 0.638. The molecule has 0 spiro atoms. The van der Waals surface area contributed by atoms with Gasteiger partial charge in [0.25, 0.3) is 0 Å². The van der Waals surface area contributed by atoms with Gasteiger partial charge in [-0.15, -0.1) is 0 Å². The molecule has 8 heteroatoms. The van der Waals surface area contributed by atoms with Gasteiger partial charge in [-0.2, -0.15) is 5.10 Å². The Morgan fingerprint density at radius 2 is 2.29 bits per heavy atom. The first-order chi connectivity index (χ1) is 11.6. The highest BCUT2D eigenvalue weighted by molar-refractivity contribution is 5.65. The Morgan fingerprint density at radius 1 is 1.46 bits per heavy atom. The van der Waals surface area contributed by atoms with Crippen LogP contribution in [0.5, 0.6) is 5.75 Å². The van der Waals surface area contributed by atoms with Gasteiger partial charge in [-0.25, -0.2) is 0 Å². The number of anilines is 1. The van der Waals surface area contributed by atoms with Crippen LogP contribution in [0.15, 0.2) is 30.6 Å². The van der Waals surface area contributed by atoms with Crippen molar-refractivity contribution in [1.82, 2.24) is 9.78 Å². The number of aliphatic hydroxyl groups is 1. The maximum absolute atomic E-state index is 10.7. The van der Waals surface area contributed by atoms with Crippen LogP contribution in [0.25, 0.3) is 0 Å². The number of aryl methyl sites for hydroxylation is 1. The lowest BCUT2D eigenvalue weighted by atomic mass is 10.0. The molecule has 1 aromatic carbocycles. The van der Waals surface area contributed by atoms with E-state index >= 15 is 0 Å². The number of ether oxygens (including phenoxy) is 1. The van der Waals surface area contributed by atoms with E-state index in [-0.39, 0.29) is 12.2 Å². The van der Waals surface area contributed by atoms with Gasteiger partial charge in [-0.1, -0.05) is 12.1 Å². The van der Waals surface area contributed by atoms with Gasteiger partial charge in [0.2, 0.25) is 0 Å². The zero-order chi connectivity index (χ0) is 17.1. The van der Waals surface area contributed by atoms with Gasteiger partial charge in [-0.3, -0.25) is 14.8 Å². The third-order valence-corrected chi connectivity index (χ3v) is 4.15. The molecule has 128 valence electrons. The second kappa shape index (κ2) is 6.88. The van der Waals surface area contributed by atoms with Crippen LogP contribution in [0.3, 0.4) is 0 Å². The molecule has 0 saturated carbocycles. The fourth-order valence-electron chi connectivity index (χ4n) is 3.12. The molecule has 1 aliphatic rings. The predicted molar refractivity (Wildman–Crippen MR) is 88.4 cm³/mol. The number of para-hydroxylation sites is 1. The van der Waals surface area contributed by atoms with E-state index < -0.39 is 11.0 Å². The SMILES string of the molecule is COc1cccc2c1N(C[C@H](O)Cn1cc([N+](=O)[O-])cn1)CCC2. The zero-order valence-electron chi connectivity index (χ0n) is 13.5. The van der Waals surface area contributed by atoms with E-state index in [1.807, 2.05) is 12.1 Å². The number of aliphatic hydroxyl groups excluding tert-OH is 1. The van der Waals surface area contributed by atoms with Crippen LogP contribution in [0.1, 0.15) is 12.0 Å². The van der Waals surface area contributed by atoms with E-state index in [9.17, 15) is 15.2 Å². The summed E-state index contributed by atoms with van der Waals surface area (Å²) in [6.07, 6.45) is 3.82. The van der Waals surface area contributed by atoms with Crippen molar-refractivity contribution in [3.8, 4) is 5.75 Å². The van der Waals surface area contributed by atoms with Gasteiger partial charge in [0.05, 0.1) is 30.4 Å². The number of hydrogen-bond donors (Lipinski definition) is 1. The first-order valence-corrected chi connectivity index (χ1v) is 7.84. The monoisotopic (exact) mass is 332 g/mol. The van der Waals surface area contributed by atoms with Gasteiger partial charge < -0.3 is 14.7 Å².